The molecule has 1 saturated heterocycles. The minimum absolute atomic E-state index is 0.535. The van der Waals surface area contributed by atoms with Crippen molar-refractivity contribution in [3.8, 4) is 0 Å². The molecule has 2 atom stereocenters. The third kappa shape index (κ3) is 4.87. The van der Waals surface area contributed by atoms with Crippen LogP contribution in [0.1, 0.15) is 24.5 Å². The van der Waals surface area contributed by atoms with Crippen LogP contribution in [0.15, 0.2) is 18.2 Å². The van der Waals surface area contributed by atoms with E-state index < -0.39 is 0 Å². The summed E-state index contributed by atoms with van der Waals surface area (Å²) < 4.78 is 0. The van der Waals surface area contributed by atoms with Gasteiger partial charge in [0.25, 0.3) is 0 Å². The number of thioether (sulfide) groups is 2. The van der Waals surface area contributed by atoms with E-state index in [0.717, 1.165) is 18.0 Å². The highest BCUT2D eigenvalue weighted by Crippen LogP contribution is 2.29. The van der Waals surface area contributed by atoms with E-state index in [-0.39, 0.29) is 0 Å². The first-order valence-electron chi connectivity index (χ1n) is 7.38. The van der Waals surface area contributed by atoms with Crippen LogP contribution in [-0.4, -0.2) is 35.1 Å². The summed E-state index contributed by atoms with van der Waals surface area (Å²) in [5.74, 6) is 3.84. The second-order valence-electron chi connectivity index (χ2n) is 5.34. The Morgan fingerprint density at radius 2 is 2.25 bits per heavy atom. The number of halogens is 1. The van der Waals surface area contributed by atoms with Crippen molar-refractivity contribution in [2.45, 2.75) is 38.0 Å². The summed E-state index contributed by atoms with van der Waals surface area (Å²) in [7, 11) is 0. The Balaban J connectivity index is 2.05. The molecule has 2 unspecified atom stereocenters. The summed E-state index contributed by atoms with van der Waals surface area (Å²) in [6, 6.07) is 6.98. The van der Waals surface area contributed by atoms with E-state index in [9.17, 15) is 0 Å². The summed E-state index contributed by atoms with van der Waals surface area (Å²) in [6.07, 6.45) is 2.22. The first-order valence-corrected chi connectivity index (χ1v) is 9.96. The van der Waals surface area contributed by atoms with Crippen LogP contribution in [0.2, 0.25) is 5.02 Å². The monoisotopic (exact) mass is 329 g/mol. The summed E-state index contributed by atoms with van der Waals surface area (Å²) in [5.41, 5.74) is 2.52. The highest BCUT2D eigenvalue weighted by atomic mass is 35.5. The van der Waals surface area contributed by atoms with Gasteiger partial charge in [0, 0.05) is 33.6 Å². The third-order valence-corrected chi connectivity index (χ3v) is 6.87. The molecule has 0 radical (unpaired) electrons. The second kappa shape index (κ2) is 8.57. The fraction of sp³-hybridized carbons (Fsp3) is 0.625. The normalized spacial score (nSPS) is 20.9. The fourth-order valence-electron chi connectivity index (χ4n) is 2.46. The number of rotatable bonds is 6. The van der Waals surface area contributed by atoms with E-state index in [1.807, 2.05) is 0 Å². The maximum atomic E-state index is 6.41. The molecule has 0 aromatic heterocycles. The van der Waals surface area contributed by atoms with Crippen molar-refractivity contribution >= 4 is 35.1 Å². The van der Waals surface area contributed by atoms with Crippen LogP contribution in [-0.2, 0) is 6.42 Å². The Morgan fingerprint density at radius 3 is 2.90 bits per heavy atom. The van der Waals surface area contributed by atoms with E-state index in [2.05, 4.69) is 60.9 Å². The van der Waals surface area contributed by atoms with Gasteiger partial charge in [0.2, 0.25) is 0 Å². The zero-order valence-corrected chi connectivity index (χ0v) is 14.7. The molecule has 0 saturated carbocycles. The maximum absolute atomic E-state index is 6.41. The van der Waals surface area contributed by atoms with Gasteiger partial charge in [-0.25, -0.2) is 0 Å². The molecule has 4 heteroatoms. The van der Waals surface area contributed by atoms with Gasteiger partial charge in [0.05, 0.1) is 0 Å². The molecule has 2 rings (SSSR count). The Morgan fingerprint density at radius 1 is 1.40 bits per heavy atom. The third-order valence-electron chi connectivity index (χ3n) is 3.60. The van der Waals surface area contributed by atoms with Crippen LogP contribution < -0.4 is 5.32 Å². The minimum Gasteiger partial charge on any atom is -0.313 e. The molecule has 0 aliphatic carbocycles. The van der Waals surface area contributed by atoms with Crippen LogP contribution in [0.5, 0.6) is 0 Å². The quantitative estimate of drug-likeness (QED) is 0.830. The van der Waals surface area contributed by atoms with Crippen LogP contribution in [0.4, 0.5) is 0 Å². The molecule has 1 N–H and O–H groups in total. The highest BCUT2D eigenvalue weighted by molar-refractivity contribution is 8.06. The molecule has 1 nitrogen and oxygen atoms in total. The van der Waals surface area contributed by atoms with Gasteiger partial charge < -0.3 is 5.32 Å². The van der Waals surface area contributed by atoms with Crippen molar-refractivity contribution in [1.29, 1.82) is 0 Å². The Kier molecular flexibility index (Phi) is 7.09. The number of nitrogens with one attached hydrogen (secondary N) is 1. The molecule has 1 aliphatic heterocycles. The Bertz CT molecular complexity index is 419. The lowest BCUT2D eigenvalue weighted by molar-refractivity contribution is 0.506. The summed E-state index contributed by atoms with van der Waals surface area (Å²) in [6.45, 7) is 5.41. The van der Waals surface area contributed by atoms with Crippen molar-refractivity contribution in [1.82, 2.24) is 5.32 Å². The van der Waals surface area contributed by atoms with Crippen molar-refractivity contribution in [2.24, 2.45) is 0 Å². The lowest BCUT2D eigenvalue weighted by Gasteiger charge is -2.30. The van der Waals surface area contributed by atoms with E-state index in [4.69, 9.17) is 11.6 Å². The Labute approximate surface area is 136 Å². The number of aryl methyl sites for hydroxylation is 1. The fourth-order valence-corrected chi connectivity index (χ4v) is 5.66. The molecule has 0 bridgehead atoms. The van der Waals surface area contributed by atoms with E-state index >= 15 is 0 Å². The van der Waals surface area contributed by atoms with Gasteiger partial charge in [-0.2, -0.15) is 23.5 Å². The van der Waals surface area contributed by atoms with Gasteiger partial charge in [-0.1, -0.05) is 30.7 Å². The van der Waals surface area contributed by atoms with Crippen molar-refractivity contribution in [2.75, 3.05) is 23.8 Å². The largest absolute Gasteiger partial charge is 0.313 e. The van der Waals surface area contributed by atoms with E-state index in [0.29, 0.717) is 11.3 Å². The molecule has 1 aliphatic rings. The van der Waals surface area contributed by atoms with Crippen LogP contribution >= 0.6 is 35.1 Å². The number of hydrogen-bond donors (Lipinski definition) is 1. The lowest BCUT2D eigenvalue weighted by Crippen LogP contribution is -2.43. The van der Waals surface area contributed by atoms with Gasteiger partial charge in [-0.05, 0) is 43.5 Å². The van der Waals surface area contributed by atoms with Gasteiger partial charge in [-0.15, -0.1) is 0 Å². The average Bonchev–Trinajstić information content (AvgIpc) is 2.46. The van der Waals surface area contributed by atoms with Crippen LogP contribution in [0.3, 0.4) is 0 Å². The van der Waals surface area contributed by atoms with Gasteiger partial charge >= 0.3 is 0 Å². The first-order chi connectivity index (χ1) is 9.70. The molecule has 1 aromatic rings. The summed E-state index contributed by atoms with van der Waals surface area (Å²) >= 11 is 10.6. The second-order valence-corrected chi connectivity index (χ2v) is 8.25. The molecule has 0 spiro atoms. The molecule has 0 amide bonds. The average molecular weight is 330 g/mol. The first kappa shape index (κ1) is 16.5. The van der Waals surface area contributed by atoms with Crippen LogP contribution in [0, 0.1) is 6.92 Å². The number of benzene rings is 1. The van der Waals surface area contributed by atoms with E-state index in [1.165, 1.54) is 34.8 Å². The standard InChI is InChI=1S/C16H24ClNS2/c1-3-6-18-15(16-11-19-7-8-20-16)10-13-5-4-12(2)9-14(13)17/h4-5,9,15-16,18H,3,6-8,10-11H2,1-2H3. The van der Waals surface area contributed by atoms with Crippen LogP contribution in [0.25, 0.3) is 0 Å². The van der Waals surface area contributed by atoms with E-state index in [1.54, 1.807) is 0 Å². The zero-order chi connectivity index (χ0) is 14.4. The molecule has 1 aromatic carbocycles. The predicted molar refractivity (Wildman–Crippen MR) is 95.5 cm³/mol. The predicted octanol–water partition coefficient (Wildman–Crippen LogP) is 4.41. The highest BCUT2D eigenvalue weighted by Gasteiger charge is 2.24. The SMILES string of the molecule is CCCNC(Cc1ccc(C)cc1Cl)C1CSCCS1. The number of hydrogen-bond acceptors (Lipinski definition) is 3. The van der Waals surface area contributed by atoms with Gasteiger partial charge in [0.1, 0.15) is 0 Å². The molecule has 1 heterocycles. The van der Waals surface area contributed by atoms with Gasteiger partial charge in [-0.3, -0.25) is 0 Å². The van der Waals surface area contributed by atoms with Crippen molar-refractivity contribution < 1.29 is 0 Å². The maximum Gasteiger partial charge on any atom is 0.0441 e. The molecule has 112 valence electrons. The zero-order valence-electron chi connectivity index (χ0n) is 12.3. The molecule has 20 heavy (non-hydrogen) atoms. The minimum atomic E-state index is 0.535. The Hall–Kier alpha value is 0.170. The lowest BCUT2D eigenvalue weighted by atomic mass is 10.0. The van der Waals surface area contributed by atoms with Crippen molar-refractivity contribution in [3.05, 3.63) is 34.3 Å². The molecular formula is C16H24ClNS2. The molecule has 1 fully saturated rings. The summed E-state index contributed by atoms with van der Waals surface area (Å²) in [4.78, 5) is 0. The smallest absolute Gasteiger partial charge is 0.0441 e. The van der Waals surface area contributed by atoms with Gasteiger partial charge in [0.15, 0.2) is 0 Å². The molecular weight excluding hydrogens is 306 g/mol. The van der Waals surface area contributed by atoms with Crippen molar-refractivity contribution in [3.63, 3.8) is 0 Å². The summed E-state index contributed by atoms with van der Waals surface area (Å²) in [5, 5.41) is 5.36. The topological polar surface area (TPSA) is 12.0 Å².